The highest BCUT2D eigenvalue weighted by Gasteiger charge is 2.32. The summed E-state index contributed by atoms with van der Waals surface area (Å²) in [6.45, 7) is 2.86. The van der Waals surface area contributed by atoms with Crippen LogP contribution in [0.1, 0.15) is 68.9 Å². The van der Waals surface area contributed by atoms with Gasteiger partial charge in [-0.15, -0.1) is 0 Å². The van der Waals surface area contributed by atoms with Gasteiger partial charge in [-0.05, 0) is 41.5 Å². The number of amides is 2. The van der Waals surface area contributed by atoms with Crippen LogP contribution in [0.4, 0.5) is 4.79 Å². The summed E-state index contributed by atoms with van der Waals surface area (Å²) in [5.41, 5.74) is 4.64. The predicted octanol–water partition coefficient (Wildman–Crippen LogP) is 4.94. The molecule has 2 aromatic rings. The van der Waals surface area contributed by atoms with Crippen molar-refractivity contribution >= 4 is 18.0 Å². The average molecular weight is 479 g/mol. The van der Waals surface area contributed by atoms with Gasteiger partial charge in [0.05, 0.1) is 6.42 Å². The van der Waals surface area contributed by atoms with Gasteiger partial charge in [0.15, 0.2) is 0 Å². The van der Waals surface area contributed by atoms with E-state index in [-0.39, 0.29) is 43.4 Å². The lowest BCUT2D eigenvalue weighted by Crippen LogP contribution is -2.43. The lowest BCUT2D eigenvalue weighted by atomic mass is 9.98. The minimum Gasteiger partial charge on any atom is -0.481 e. The number of likely N-dealkylation sites (tertiary alicyclic amines) is 1. The highest BCUT2D eigenvalue weighted by molar-refractivity contribution is 5.80. The highest BCUT2D eigenvalue weighted by Crippen LogP contribution is 2.44. The van der Waals surface area contributed by atoms with Gasteiger partial charge in [-0.2, -0.15) is 0 Å². The SMILES string of the molecule is CCCCC(CC(=O)N1CCC[C@@H]1CC(=O)O)NC(=O)OCC1c2ccccc2-c2ccccc21. The van der Waals surface area contributed by atoms with Crippen molar-refractivity contribution in [3.05, 3.63) is 59.7 Å². The molecule has 1 unspecified atom stereocenters. The number of rotatable bonds is 10. The average Bonchev–Trinajstić information content (AvgIpc) is 3.43. The lowest BCUT2D eigenvalue weighted by molar-refractivity contribution is -0.140. The number of nitrogens with zero attached hydrogens (tertiary/aromatic N) is 1. The Kier molecular flexibility index (Phi) is 8.06. The molecule has 4 rings (SSSR count). The van der Waals surface area contributed by atoms with Gasteiger partial charge in [-0.25, -0.2) is 4.79 Å². The molecule has 0 spiro atoms. The van der Waals surface area contributed by atoms with E-state index in [0.717, 1.165) is 30.4 Å². The zero-order chi connectivity index (χ0) is 24.8. The fraction of sp³-hybridized carbons (Fsp3) is 0.464. The summed E-state index contributed by atoms with van der Waals surface area (Å²) in [6.07, 6.45) is 3.60. The quantitative estimate of drug-likeness (QED) is 0.504. The molecule has 2 aromatic carbocycles. The minimum absolute atomic E-state index is 0.0229. The predicted molar refractivity (Wildman–Crippen MR) is 133 cm³/mol. The number of hydrogen-bond acceptors (Lipinski definition) is 4. The van der Waals surface area contributed by atoms with Crippen molar-refractivity contribution in [3.63, 3.8) is 0 Å². The number of alkyl carbamates (subject to hydrolysis) is 1. The molecule has 1 saturated heterocycles. The Labute approximate surface area is 206 Å². The van der Waals surface area contributed by atoms with Crippen LogP contribution in [0.15, 0.2) is 48.5 Å². The zero-order valence-electron chi connectivity index (χ0n) is 20.2. The molecule has 0 saturated carbocycles. The first-order valence-corrected chi connectivity index (χ1v) is 12.6. The van der Waals surface area contributed by atoms with Crippen LogP contribution in [0.25, 0.3) is 11.1 Å². The molecule has 2 aliphatic rings. The molecular weight excluding hydrogens is 444 g/mol. The Hall–Kier alpha value is -3.35. The van der Waals surface area contributed by atoms with Gasteiger partial charge in [0.1, 0.15) is 6.61 Å². The maximum Gasteiger partial charge on any atom is 0.407 e. The fourth-order valence-electron chi connectivity index (χ4n) is 5.39. The maximum absolute atomic E-state index is 13.0. The fourth-order valence-corrected chi connectivity index (χ4v) is 5.39. The van der Waals surface area contributed by atoms with Crippen LogP contribution in [0.5, 0.6) is 0 Å². The van der Waals surface area contributed by atoms with Crippen molar-refractivity contribution in [1.29, 1.82) is 0 Å². The molecule has 0 aromatic heterocycles. The number of carbonyl (C=O) groups is 3. The van der Waals surface area contributed by atoms with E-state index in [2.05, 4.69) is 36.5 Å². The van der Waals surface area contributed by atoms with Crippen LogP contribution < -0.4 is 5.32 Å². The monoisotopic (exact) mass is 478 g/mol. The largest absolute Gasteiger partial charge is 0.481 e. The molecule has 0 bridgehead atoms. The molecule has 35 heavy (non-hydrogen) atoms. The minimum atomic E-state index is -0.894. The number of ether oxygens (including phenoxy) is 1. The van der Waals surface area contributed by atoms with Gasteiger partial charge in [0, 0.05) is 31.0 Å². The number of nitrogens with one attached hydrogen (secondary N) is 1. The van der Waals surface area contributed by atoms with E-state index >= 15 is 0 Å². The van der Waals surface area contributed by atoms with Crippen LogP contribution >= 0.6 is 0 Å². The lowest BCUT2D eigenvalue weighted by Gasteiger charge is -2.26. The standard InChI is InChI=1S/C28H34N2O5/c1-2-3-9-19(16-26(31)30-15-8-10-20(30)17-27(32)33)29-28(34)35-18-25-23-13-6-4-11-21(23)22-12-5-7-14-24(22)25/h4-7,11-14,19-20,25H,2-3,8-10,15-18H2,1H3,(H,29,34)(H,32,33)/t19?,20-/m1/s1. The Morgan fingerprint density at radius 1 is 1.09 bits per heavy atom. The first kappa shape index (κ1) is 24.8. The van der Waals surface area contributed by atoms with Crippen LogP contribution in [-0.2, 0) is 14.3 Å². The van der Waals surface area contributed by atoms with Gasteiger partial charge >= 0.3 is 12.1 Å². The number of carboxylic acids is 1. The second-order valence-electron chi connectivity index (χ2n) is 9.49. The molecular formula is C28H34N2O5. The molecule has 1 aliphatic carbocycles. The van der Waals surface area contributed by atoms with Crippen molar-refractivity contribution in [2.45, 2.75) is 69.9 Å². The molecule has 186 valence electrons. The van der Waals surface area contributed by atoms with Crippen molar-refractivity contribution in [2.24, 2.45) is 0 Å². The number of benzene rings is 2. The molecule has 0 radical (unpaired) electrons. The second kappa shape index (κ2) is 11.4. The summed E-state index contributed by atoms with van der Waals surface area (Å²) in [5.74, 6) is -1.02. The molecule has 1 heterocycles. The van der Waals surface area contributed by atoms with E-state index in [0.29, 0.717) is 19.4 Å². The Morgan fingerprint density at radius 2 is 1.74 bits per heavy atom. The van der Waals surface area contributed by atoms with E-state index < -0.39 is 12.1 Å². The number of aliphatic carboxylic acids is 1. The summed E-state index contributed by atoms with van der Waals surface area (Å²) in [7, 11) is 0. The molecule has 2 N–H and O–H groups in total. The molecule has 7 nitrogen and oxygen atoms in total. The third-order valence-corrected chi connectivity index (χ3v) is 7.10. The Morgan fingerprint density at radius 3 is 2.37 bits per heavy atom. The molecule has 1 fully saturated rings. The first-order chi connectivity index (χ1) is 17.0. The molecule has 2 atom stereocenters. The number of hydrogen-bond donors (Lipinski definition) is 2. The molecule has 2 amide bonds. The summed E-state index contributed by atoms with van der Waals surface area (Å²) in [6, 6.07) is 15.8. The van der Waals surface area contributed by atoms with Crippen LogP contribution in [0, 0.1) is 0 Å². The van der Waals surface area contributed by atoms with Crippen LogP contribution in [0.3, 0.4) is 0 Å². The van der Waals surface area contributed by atoms with E-state index in [4.69, 9.17) is 9.84 Å². The first-order valence-electron chi connectivity index (χ1n) is 12.6. The van der Waals surface area contributed by atoms with E-state index in [1.54, 1.807) is 4.90 Å². The Bertz CT molecular complexity index is 1020. The topological polar surface area (TPSA) is 95.9 Å². The summed E-state index contributed by atoms with van der Waals surface area (Å²) < 4.78 is 5.68. The van der Waals surface area contributed by atoms with Gasteiger partial charge in [-0.3, -0.25) is 9.59 Å². The van der Waals surface area contributed by atoms with Crippen LogP contribution in [0.2, 0.25) is 0 Å². The van der Waals surface area contributed by atoms with Crippen molar-refractivity contribution in [2.75, 3.05) is 13.2 Å². The smallest absolute Gasteiger partial charge is 0.407 e. The van der Waals surface area contributed by atoms with E-state index in [1.165, 1.54) is 11.1 Å². The zero-order valence-corrected chi connectivity index (χ0v) is 20.2. The third kappa shape index (κ3) is 5.84. The van der Waals surface area contributed by atoms with Gasteiger partial charge in [0.2, 0.25) is 5.91 Å². The normalized spacial score (nSPS) is 17.5. The third-order valence-electron chi connectivity index (χ3n) is 7.10. The summed E-state index contributed by atoms with van der Waals surface area (Å²) in [4.78, 5) is 38.6. The summed E-state index contributed by atoms with van der Waals surface area (Å²) >= 11 is 0. The maximum atomic E-state index is 13.0. The van der Waals surface area contributed by atoms with E-state index in [1.807, 2.05) is 24.3 Å². The number of fused-ring (bicyclic) bond motifs is 3. The molecule has 1 aliphatic heterocycles. The van der Waals surface area contributed by atoms with Crippen LogP contribution in [-0.4, -0.2) is 53.2 Å². The van der Waals surface area contributed by atoms with Crippen molar-refractivity contribution < 1.29 is 24.2 Å². The number of carbonyl (C=O) groups excluding carboxylic acids is 2. The number of carboxylic acid groups (broad SMARTS) is 1. The Balaban J connectivity index is 1.37. The van der Waals surface area contributed by atoms with E-state index in [9.17, 15) is 14.4 Å². The highest BCUT2D eigenvalue weighted by atomic mass is 16.5. The van der Waals surface area contributed by atoms with Gasteiger partial charge in [-0.1, -0.05) is 68.3 Å². The van der Waals surface area contributed by atoms with Crippen molar-refractivity contribution in [1.82, 2.24) is 10.2 Å². The molecule has 7 heteroatoms. The number of unbranched alkanes of at least 4 members (excludes halogenated alkanes) is 1. The second-order valence-corrected chi connectivity index (χ2v) is 9.49. The van der Waals surface area contributed by atoms with Gasteiger partial charge < -0.3 is 20.1 Å². The summed E-state index contributed by atoms with van der Waals surface area (Å²) in [5, 5.41) is 12.1. The van der Waals surface area contributed by atoms with Crippen molar-refractivity contribution in [3.8, 4) is 11.1 Å². The van der Waals surface area contributed by atoms with Gasteiger partial charge in [0.25, 0.3) is 0 Å².